The van der Waals surface area contributed by atoms with Crippen molar-refractivity contribution in [3.05, 3.63) is 60.0 Å². The summed E-state index contributed by atoms with van der Waals surface area (Å²) in [5.41, 5.74) is 0.559. The van der Waals surface area contributed by atoms with Gasteiger partial charge in [0.05, 0.1) is 36.5 Å². The number of hydrogen-bond donors (Lipinski definition) is 1. The number of carbonyl (C=O) groups is 1. The summed E-state index contributed by atoms with van der Waals surface area (Å²) in [4.78, 5) is 17.0. The summed E-state index contributed by atoms with van der Waals surface area (Å²) >= 11 is 0. The number of methoxy groups -OCH3 is 1. The Balaban J connectivity index is 1.67. The number of hydrogen-bond acceptors (Lipinski definition) is 6. The Morgan fingerprint density at radius 1 is 1.19 bits per heavy atom. The minimum Gasteiger partial charge on any atom is -0.494 e. The van der Waals surface area contributed by atoms with Crippen LogP contribution in [0, 0.1) is 5.82 Å². The molecule has 0 saturated carbocycles. The standard InChI is InChI=1S/C21H20FN3O5S/c1-29-19-7-6-18(15-3-2-8-23-20(15)19)24-21(26)16-13-14(4-5-17(16)22)31(27,28)25-9-11-30-12-10-25/h2-8,13H,9-12H2,1H3,(H,24,26). The number of halogens is 1. The number of fused-ring (bicyclic) bond motifs is 1. The van der Waals surface area contributed by atoms with E-state index in [0.29, 0.717) is 22.3 Å². The van der Waals surface area contributed by atoms with Crippen LogP contribution < -0.4 is 10.1 Å². The van der Waals surface area contributed by atoms with E-state index in [1.54, 1.807) is 30.5 Å². The van der Waals surface area contributed by atoms with Crippen molar-refractivity contribution in [2.24, 2.45) is 0 Å². The predicted octanol–water partition coefficient (Wildman–Crippen LogP) is 2.66. The van der Waals surface area contributed by atoms with Gasteiger partial charge in [-0.3, -0.25) is 9.78 Å². The minimum atomic E-state index is -3.87. The third kappa shape index (κ3) is 4.09. The van der Waals surface area contributed by atoms with Gasteiger partial charge in [0.25, 0.3) is 5.91 Å². The van der Waals surface area contributed by atoms with E-state index in [1.807, 2.05) is 0 Å². The van der Waals surface area contributed by atoms with Crippen molar-refractivity contribution in [2.75, 3.05) is 38.7 Å². The van der Waals surface area contributed by atoms with E-state index in [4.69, 9.17) is 9.47 Å². The van der Waals surface area contributed by atoms with E-state index < -0.39 is 21.7 Å². The molecule has 2 aromatic carbocycles. The van der Waals surface area contributed by atoms with Gasteiger partial charge in [-0.2, -0.15) is 4.31 Å². The van der Waals surface area contributed by atoms with E-state index in [9.17, 15) is 17.6 Å². The average molecular weight is 445 g/mol. The maximum absolute atomic E-state index is 14.5. The van der Waals surface area contributed by atoms with Crippen molar-refractivity contribution in [3.63, 3.8) is 0 Å². The van der Waals surface area contributed by atoms with Gasteiger partial charge in [-0.15, -0.1) is 0 Å². The van der Waals surface area contributed by atoms with Crippen molar-refractivity contribution in [1.29, 1.82) is 0 Å². The smallest absolute Gasteiger partial charge is 0.258 e. The minimum absolute atomic E-state index is 0.151. The molecule has 0 spiro atoms. The fourth-order valence-corrected chi connectivity index (χ4v) is 4.82. The number of aromatic nitrogens is 1. The van der Waals surface area contributed by atoms with Crippen LogP contribution in [0.1, 0.15) is 10.4 Å². The Kier molecular flexibility index (Phi) is 5.86. The van der Waals surface area contributed by atoms with Gasteiger partial charge in [0.2, 0.25) is 10.0 Å². The highest BCUT2D eigenvalue weighted by Crippen LogP contribution is 2.30. The molecule has 162 valence electrons. The quantitative estimate of drug-likeness (QED) is 0.649. The molecule has 2 heterocycles. The van der Waals surface area contributed by atoms with Crippen molar-refractivity contribution < 1.29 is 27.1 Å². The highest BCUT2D eigenvalue weighted by molar-refractivity contribution is 7.89. The van der Waals surface area contributed by atoms with Crippen molar-refractivity contribution >= 4 is 32.5 Å². The molecule has 1 saturated heterocycles. The fourth-order valence-electron chi connectivity index (χ4n) is 3.38. The molecule has 8 nitrogen and oxygen atoms in total. The molecule has 10 heteroatoms. The van der Waals surface area contributed by atoms with Crippen LogP contribution in [0.2, 0.25) is 0 Å². The molecule has 1 amide bonds. The van der Waals surface area contributed by atoms with E-state index in [2.05, 4.69) is 10.3 Å². The summed E-state index contributed by atoms with van der Waals surface area (Å²) < 4.78 is 51.9. The zero-order chi connectivity index (χ0) is 22.0. The van der Waals surface area contributed by atoms with Gasteiger partial charge >= 0.3 is 0 Å². The topological polar surface area (TPSA) is 97.8 Å². The number of ether oxygens (including phenoxy) is 2. The molecule has 0 unspecified atom stereocenters. The third-order valence-electron chi connectivity index (χ3n) is 4.99. The Labute approximate surface area is 178 Å². The molecular formula is C21H20FN3O5S. The van der Waals surface area contributed by atoms with E-state index >= 15 is 0 Å². The number of morpholine rings is 1. The molecule has 1 fully saturated rings. The first-order valence-corrected chi connectivity index (χ1v) is 11.0. The van der Waals surface area contributed by atoms with Crippen LogP contribution in [-0.4, -0.2) is 57.0 Å². The van der Waals surface area contributed by atoms with Gasteiger partial charge < -0.3 is 14.8 Å². The van der Waals surface area contributed by atoms with Crippen molar-refractivity contribution in [2.45, 2.75) is 4.90 Å². The second-order valence-electron chi connectivity index (χ2n) is 6.83. The molecule has 1 aliphatic heterocycles. The lowest BCUT2D eigenvalue weighted by atomic mass is 10.1. The van der Waals surface area contributed by atoms with Crippen LogP contribution >= 0.6 is 0 Å². The van der Waals surface area contributed by atoms with Crippen molar-refractivity contribution in [3.8, 4) is 5.75 Å². The molecule has 31 heavy (non-hydrogen) atoms. The summed E-state index contributed by atoms with van der Waals surface area (Å²) in [7, 11) is -2.36. The lowest BCUT2D eigenvalue weighted by Gasteiger charge is -2.26. The number of pyridine rings is 1. The number of amides is 1. The highest BCUT2D eigenvalue weighted by Gasteiger charge is 2.28. The van der Waals surface area contributed by atoms with E-state index in [1.165, 1.54) is 11.4 Å². The molecule has 0 atom stereocenters. The Morgan fingerprint density at radius 2 is 1.97 bits per heavy atom. The predicted molar refractivity (Wildman–Crippen MR) is 112 cm³/mol. The first-order chi connectivity index (χ1) is 14.9. The Bertz CT molecular complexity index is 1240. The molecule has 0 aliphatic carbocycles. The molecule has 3 aromatic rings. The van der Waals surface area contributed by atoms with Crippen LogP contribution in [0.3, 0.4) is 0 Å². The van der Waals surface area contributed by atoms with Gasteiger partial charge in [-0.1, -0.05) is 0 Å². The number of nitrogens with one attached hydrogen (secondary N) is 1. The zero-order valence-corrected chi connectivity index (χ0v) is 17.5. The van der Waals surface area contributed by atoms with Crippen LogP contribution in [0.4, 0.5) is 10.1 Å². The molecular weight excluding hydrogens is 425 g/mol. The molecule has 1 aliphatic rings. The van der Waals surface area contributed by atoms with Gasteiger partial charge in [0, 0.05) is 24.7 Å². The van der Waals surface area contributed by atoms with Crippen LogP contribution in [0.5, 0.6) is 5.75 Å². The van der Waals surface area contributed by atoms with E-state index in [-0.39, 0.29) is 36.8 Å². The second-order valence-corrected chi connectivity index (χ2v) is 8.77. The van der Waals surface area contributed by atoms with Crippen molar-refractivity contribution in [1.82, 2.24) is 9.29 Å². The van der Waals surface area contributed by atoms with Crippen LogP contribution in [0.25, 0.3) is 10.9 Å². The second kappa shape index (κ2) is 8.58. The van der Waals surface area contributed by atoms with Gasteiger partial charge in [-0.05, 0) is 42.5 Å². The summed E-state index contributed by atoms with van der Waals surface area (Å²) in [5, 5.41) is 3.25. The Hall–Kier alpha value is -3.08. The average Bonchev–Trinajstić information content (AvgIpc) is 2.80. The van der Waals surface area contributed by atoms with E-state index in [0.717, 1.165) is 18.2 Å². The fraction of sp³-hybridized carbons (Fsp3) is 0.238. The number of sulfonamides is 1. The summed E-state index contributed by atoms with van der Waals surface area (Å²) in [6, 6.07) is 9.90. The number of benzene rings is 2. The lowest BCUT2D eigenvalue weighted by Crippen LogP contribution is -2.40. The monoisotopic (exact) mass is 445 g/mol. The maximum atomic E-state index is 14.5. The molecule has 1 N–H and O–H groups in total. The van der Waals surface area contributed by atoms with Gasteiger partial charge in [0.15, 0.2) is 0 Å². The highest BCUT2D eigenvalue weighted by atomic mass is 32.2. The van der Waals surface area contributed by atoms with Gasteiger partial charge in [-0.25, -0.2) is 12.8 Å². The first-order valence-electron chi connectivity index (χ1n) is 9.52. The lowest BCUT2D eigenvalue weighted by molar-refractivity contribution is 0.0730. The molecule has 0 radical (unpaired) electrons. The SMILES string of the molecule is COc1ccc(NC(=O)c2cc(S(=O)(=O)N3CCOCC3)ccc2F)c2cccnc12. The zero-order valence-electron chi connectivity index (χ0n) is 16.7. The summed E-state index contributed by atoms with van der Waals surface area (Å²) in [6.45, 7) is 0.969. The maximum Gasteiger partial charge on any atom is 0.258 e. The number of carbonyl (C=O) groups excluding carboxylic acids is 1. The summed E-state index contributed by atoms with van der Waals surface area (Å²) in [6.07, 6.45) is 1.59. The third-order valence-corrected chi connectivity index (χ3v) is 6.89. The normalized spacial score (nSPS) is 15.0. The first kappa shape index (κ1) is 21.2. The Morgan fingerprint density at radius 3 is 2.71 bits per heavy atom. The van der Waals surface area contributed by atoms with Crippen LogP contribution in [0.15, 0.2) is 53.6 Å². The molecule has 0 bridgehead atoms. The number of anilines is 1. The largest absolute Gasteiger partial charge is 0.494 e. The molecule has 1 aromatic heterocycles. The summed E-state index contributed by atoms with van der Waals surface area (Å²) in [5.74, 6) is -1.07. The van der Waals surface area contributed by atoms with Gasteiger partial charge in [0.1, 0.15) is 17.1 Å². The number of rotatable bonds is 5. The number of nitrogens with zero attached hydrogens (tertiary/aromatic N) is 2. The molecule has 4 rings (SSSR count). The van der Waals surface area contributed by atoms with Crippen LogP contribution in [-0.2, 0) is 14.8 Å².